The molecule has 2 aromatic carbocycles. The van der Waals surface area contributed by atoms with Gasteiger partial charge in [0.15, 0.2) is 0 Å². The van der Waals surface area contributed by atoms with Crippen LogP contribution in [0.4, 0.5) is 0 Å². The quantitative estimate of drug-likeness (QED) is 0.569. The van der Waals surface area contributed by atoms with Crippen molar-refractivity contribution < 1.29 is 14.3 Å². The van der Waals surface area contributed by atoms with Crippen molar-refractivity contribution in [2.45, 2.75) is 38.3 Å². The molecular formula is C23H27ClN2O3S. The third-order valence-electron chi connectivity index (χ3n) is 4.75. The van der Waals surface area contributed by atoms with Crippen molar-refractivity contribution in [1.82, 2.24) is 10.2 Å². The Kier molecular flexibility index (Phi) is 8.19. The summed E-state index contributed by atoms with van der Waals surface area (Å²) in [7, 11) is 0. The standard InChI is InChI=1S/C23H27ClN2O3S/c1-16(2)29-13-3-12-25-22(28)18-6-8-19(9-7-18)23-26(21(27)15-30-23)14-17-4-10-20(24)11-5-17/h4-11,16,23H,3,12-15H2,1-2H3,(H,25,28)/t23-/m1/s1. The summed E-state index contributed by atoms with van der Waals surface area (Å²) in [5, 5.41) is 3.54. The smallest absolute Gasteiger partial charge is 0.251 e. The molecule has 0 saturated carbocycles. The first kappa shape index (κ1) is 22.7. The van der Waals surface area contributed by atoms with Crippen molar-refractivity contribution in [2.24, 2.45) is 0 Å². The Morgan fingerprint density at radius 3 is 2.57 bits per heavy atom. The minimum Gasteiger partial charge on any atom is -0.379 e. The fraction of sp³-hybridized carbons (Fsp3) is 0.391. The van der Waals surface area contributed by atoms with E-state index in [1.807, 2.05) is 67.3 Å². The number of carbonyl (C=O) groups is 2. The number of nitrogens with zero attached hydrogens (tertiary/aromatic N) is 1. The molecule has 160 valence electrons. The molecule has 3 rings (SSSR count). The van der Waals surface area contributed by atoms with Crippen LogP contribution in [-0.4, -0.2) is 41.7 Å². The predicted molar refractivity (Wildman–Crippen MR) is 122 cm³/mol. The minimum absolute atomic E-state index is 0.0570. The number of nitrogens with one attached hydrogen (secondary N) is 1. The maximum Gasteiger partial charge on any atom is 0.251 e. The molecule has 0 radical (unpaired) electrons. The Morgan fingerprint density at radius 1 is 1.20 bits per heavy atom. The van der Waals surface area contributed by atoms with Gasteiger partial charge in [0, 0.05) is 30.3 Å². The number of benzene rings is 2. The molecule has 0 spiro atoms. The summed E-state index contributed by atoms with van der Waals surface area (Å²) in [6.45, 7) is 5.73. The molecule has 1 aliphatic rings. The molecule has 0 bridgehead atoms. The molecule has 1 saturated heterocycles. The molecule has 1 N–H and O–H groups in total. The third-order valence-corrected chi connectivity index (χ3v) is 6.26. The van der Waals surface area contributed by atoms with Crippen LogP contribution in [0.15, 0.2) is 48.5 Å². The van der Waals surface area contributed by atoms with Crippen LogP contribution in [0.5, 0.6) is 0 Å². The van der Waals surface area contributed by atoms with Crippen LogP contribution in [0.3, 0.4) is 0 Å². The molecule has 5 nitrogen and oxygen atoms in total. The fourth-order valence-electron chi connectivity index (χ4n) is 3.18. The Bertz CT molecular complexity index is 856. The Balaban J connectivity index is 1.58. The summed E-state index contributed by atoms with van der Waals surface area (Å²) in [5.74, 6) is 0.475. The van der Waals surface area contributed by atoms with Gasteiger partial charge in [-0.3, -0.25) is 9.59 Å². The van der Waals surface area contributed by atoms with Crippen LogP contribution in [0, 0.1) is 0 Å². The average Bonchev–Trinajstić information content (AvgIpc) is 3.09. The van der Waals surface area contributed by atoms with Crippen molar-refractivity contribution in [3.05, 3.63) is 70.2 Å². The summed E-state index contributed by atoms with van der Waals surface area (Å²) in [4.78, 5) is 26.6. The SMILES string of the molecule is CC(C)OCCCNC(=O)c1ccc([C@H]2SCC(=O)N2Cc2ccc(Cl)cc2)cc1. The molecule has 1 fully saturated rings. The van der Waals surface area contributed by atoms with Crippen LogP contribution < -0.4 is 5.32 Å². The Morgan fingerprint density at radius 2 is 1.90 bits per heavy atom. The van der Waals surface area contributed by atoms with Gasteiger partial charge in [0.25, 0.3) is 5.91 Å². The molecule has 0 aromatic heterocycles. The van der Waals surface area contributed by atoms with Crippen molar-refractivity contribution in [3.8, 4) is 0 Å². The number of thioether (sulfide) groups is 1. The van der Waals surface area contributed by atoms with E-state index >= 15 is 0 Å². The lowest BCUT2D eigenvalue weighted by Crippen LogP contribution is -2.28. The van der Waals surface area contributed by atoms with E-state index in [4.69, 9.17) is 16.3 Å². The Hall–Kier alpha value is -2.02. The molecule has 1 atom stereocenters. The highest BCUT2D eigenvalue weighted by Crippen LogP contribution is 2.39. The first-order valence-electron chi connectivity index (χ1n) is 10.1. The third kappa shape index (κ3) is 6.24. The fourth-order valence-corrected chi connectivity index (χ4v) is 4.50. The zero-order valence-electron chi connectivity index (χ0n) is 17.3. The molecule has 1 heterocycles. The van der Waals surface area contributed by atoms with Gasteiger partial charge in [-0.25, -0.2) is 0 Å². The normalized spacial score (nSPS) is 16.3. The van der Waals surface area contributed by atoms with Crippen molar-refractivity contribution in [2.75, 3.05) is 18.9 Å². The minimum atomic E-state index is -0.0979. The van der Waals surface area contributed by atoms with Crippen LogP contribution in [0.1, 0.15) is 47.1 Å². The van der Waals surface area contributed by atoms with Crippen molar-refractivity contribution >= 4 is 35.2 Å². The topological polar surface area (TPSA) is 58.6 Å². The number of ether oxygens (including phenoxy) is 1. The number of halogens is 1. The molecule has 0 unspecified atom stereocenters. The second kappa shape index (κ2) is 10.8. The van der Waals surface area contributed by atoms with Gasteiger partial charge in [0.05, 0.1) is 11.9 Å². The van der Waals surface area contributed by atoms with E-state index in [9.17, 15) is 9.59 Å². The van der Waals surface area contributed by atoms with Gasteiger partial charge in [-0.2, -0.15) is 0 Å². The molecule has 7 heteroatoms. The van der Waals surface area contributed by atoms with Gasteiger partial charge in [0.1, 0.15) is 5.37 Å². The van der Waals surface area contributed by atoms with Gasteiger partial charge in [-0.05, 0) is 55.7 Å². The monoisotopic (exact) mass is 446 g/mol. The van der Waals surface area contributed by atoms with E-state index in [2.05, 4.69) is 5.32 Å². The molecule has 30 heavy (non-hydrogen) atoms. The largest absolute Gasteiger partial charge is 0.379 e. The van der Waals surface area contributed by atoms with E-state index in [1.165, 1.54) is 0 Å². The number of rotatable bonds is 9. The van der Waals surface area contributed by atoms with Gasteiger partial charge in [-0.1, -0.05) is 35.9 Å². The van der Waals surface area contributed by atoms with Crippen LogP contribution in [-0.2, 0) is 16.1 Å². The van der Waals surface area contributed by atoms with E-state index in [1.54, 1.807) is 11.8 Å². The first-order chi connectivity index (χ1) is 14.4. The van der Waals surface area contributed by atoms with Gasteiger partial charge in [0.2, 0.25) is 5.91 Å². The Labute approximate surface area is 187 Å². The molecule has 0 aliphatic carbocycles. The van der Waals surface area contributed by atoms with E-state index < -0.39 is 0 Å². The van der Waals surface area contributed by atoms with Crippen LogP contribution in [0.25, 0.3) is 0 Å². The number of amides is 2. The molecule has 1 aliphatic heterocycles. The lowest BCUT2D eigenvalue weighted by Gasteiger charge is -2.24. The lowest BCUT2D eigenvalue weighted by atomic mass is 10.1. The second-order valence-electron chi connectivity index (χ2n) is 7.46. The van der Waals surface area contributed by atoms with Gasteiger partial charge >= 0.3 is 0 Å². The summed E-state index contributed by atoms with van der Waals surface area (Å²) < 4.78 is 5.48. The van der Waals surface area contributed by atoms with E-state index in [0.29, 0.717) is 36.0 Å². The van der Waals surface area contributed by atoms with E-state index in [-0.39, 0.29) is 23.3 Å². The van der Waals surface area contributed by atoms with Crippen molar-refractivity contribution in [3.63, 3.8) is 0 Å². The molecule has 2 amide bonds. The zero-order valence-corrected chi connectivity index (χ0v) is 18.8. The highest BCUT2D eigenvalue weighted by atomic mass is 35.5. The molecule has 2 aromatic rings. The highest BCUT2D eigenvalue weighted by molar-refractivity contribution is 8.00. The summed E-state index contributed by atoms with van der Waals surface area (Å²) in [6.07, 6.45) is 0.982. The summed E-state index contributed by atoms with van der Waals surface area (Å²) >= 11 is 7.56. The second-order valence-corrected chi connectivity index (χ2v) is 8.97. The lowest BCUT2D eigenvalue weighted by molar-refractivity contribution is -0.128. The van der Waals surface area contributed by atoms with Crippen molar-refractivity contribution in [1.29, 1.82) is 0 Å². The van der Waals surface area contributed by atoms with E-state index in [0.717, 1.165) is 17.5 Å². The number of carbonyl (C=O) groups excluding carboxylic acids is 2. The average molecular weight is 447 g/mol. The van der Waals surface area contributed by atoms with Crippen LogP contribution in [0.2, 0.25) is 5.02 Å². The number of hydrogen-bond acceptors (Lipinski definition) is 4. The maximum absolute atomic E-state index is 12.4. The van der Waals surface area contributed by atoms with Gasteiger partial charge in [-0.15, -0.1) is 11.8 Å². The number of hydrogen-bond donors (Lipinski definition) is 1. The molecular weight excluding hydrogens is 420 g/mol. The van der Waals surface area contributed by atoms with Crippen LogP contribution >= 0.6 is 23.4 Å². The summed E-state index contributed by atoms with van der Waals surface area (Å²) in [5.41, 5.74) is 2.67. The maximum atomic E-state index is 12.4. The summed E-state index contributed by atoms with van der Waals surface area (Å²) in [6, 6.07) is 15.1. The first-order valence-corrected chi connectivity index (χ1v) is 11.5. The zero-order chi connectivity index (χ0) is 21.5. The van der Waals surface area contributed by atoms with Gasteiger partial charge < -0.3 is 15.0 Å². The predicted octanol–water partition coefficient (Wildman–Crippen LogP) is 4.66. The highest BCUT2D eigenvalue weighted by Gasteiger charge is 2.32.